The lowest BCUT2D eigenvalue weighted by molar-refractivity contribution is 0.212. The van der Waals surface area contributed by atoms with Crippen molar-refractivity contribution in [1.29, 1.82) is 0 Å². The molecule has 1 aromatic carbocycles. The number of halogens is 2. The molecule has 0 aliphatic heterocycles. The maximum absolute atomic E-state index is 13.8. The Morgan fingerprint density at radius 1 is 1.17 bits per heavy atom. The summed E-state index contributed by atoms with van der Waals surface area (Å²) >= 11 is 0. The van der Waals surface area contributed by atoms with Crippen LogP contribution in [0.1, 0.15) is 28.5 Å². The van der Waals surface area contributed by atoms with Gasteiger partial charge in [-0.3, -0.25) is 4.68 Å². The molecule has 1 aromatic heterocycles. The third-order valence-corrected chi connectivity index (χ3v) is 3.17. The third kappa shape index (κ3) is 1.90. The average molecular weight is 252 g/mol. The van der Waals surface area contributed by atoms with Crippen LogP contribution >= 0.6 is 0 Å². The van der Waals surface area contributed by atoms with Gasteiger partial charge in [0.05, 0.1) is 6.20 Å². The van der Waals surface area contributed by atoms with Crippen LogP contribution in [-0.2, 0) is 7.05 Å². The fraction of sp³-hybridized carbons (Fsp3) is 0.308. The van der Waals surface area contributed by atoms with E-state index in [0.717, 1.165) is 0 Å². The number of hydrogen-bond donors (Lipinski definition) is 1. The number of benzene rings is 1. The third-order valence-electron chi connectivity index (χ3n) is 3.17. The first kappa shape index (κ1) is 12.7. The minimum absolute atomic E-state index is 0.0748. The summed E-state index contributed by atoms with van der Waals surface area (Å²) in [6.45, 7) is 3.23. The summed E-state index contributed by atoms with van der Waals surface area (Å²) in [5, 5.41) is 14.1. The summed E-state index contributed by atoms with van der Waals surface area (Å²) < 4.78 is 28.8. The monoisotopic (exact) mass is 252 g/mol. The van der Waals surface area contributed by atoms with Gasteiger partial charge in [-0.1, -0.05) is 12.1 Å². The van der Waals surface area contributed by atoms with Crippen LogP contribution in [0.25, 0.3) is 0 Å². The first-order valence-corrected chi connectivity index (χ1v) is 5.54. The van der Waals surface area contributed by atoms with Gasteiger partial charge in [0.15, 0.2) is 11.6 Å². The summed E-state index contributed by atoms with van der Waals surface area (Å²) in [5.74, 6) is -1.93. The molecule has 0 amide bonds. The van der Waals surface area contributed by atoms with Crippen LogP contribution in [0.2, 0.25) is 0 Å². The van der Waals surface area contributed by atoms with Crippen LogP contribution in [0.3, 0.4) is 0 Å². The molecule has 3 nitrogen and oxygen atoms in total. The lowest BCUT2D eigenvalue weighted by Gasteiger charge is -2.13. The summed E-state index contributed by atoms with van der Waals surface area (Å²) in [4.78, 5) is 0. The summed E-state index contributed by atoms with van der Waals surface area (Å²) in [7, 11) is 1.72. The lowest BCUT2D eigenvalue weighted by atomic mass is 10.00. The van der Waals surface area contributed by atoms with E-state index in [1.165, 1.54) is 25.3 Å². The molecule has 2 rings (SSSR count). The van der Waals surface area contributed by atoms with Gasteiger partial charge in [0.25, 0.3) is 0 Å². The molecule has 0 spiro atoms. The highest BCUT2D eigenvalue weighted by Crippen LogP contribution is 2.28. The fourth-order valence-electron chi connectivity index (χ4n) is 1.82. The molecule has 1 N–H and O–H groups in total. The molecule has 0 aliphatic rings. The second-order valence-corrected chi connectivity index (χ2v) is 4.31. The number of aliphatic hydroxyl groups is 1. The number of rotatable bonds is 2. The summed E-state index contributed by atoms with van der Waals surface area (Å²) in [6, 6.07) is 2.84. The zero-order valence-corrected chi connectivity index (χ0v) is 10.4. The van der Waals surface area contributed by atoms with Crippen LogP contribution < -0.4 is 0 Å². The molecule has 2 aromatic rings. The van der Waals surface area contributed by atoms with E-state index in [2.05, 4.69) is 5.10 Å². The maximum atomic E-state index is 13.8. The first-order valence-electron chi connectivity index (χ1n) is 5.54. The van der Waals surface area contributed by atoms with E-state index in [-0.39, 0.29) is 11.1 Å². The number of aromatic nitrogens is 2. The van der Waals surface area contributed by atoms with E-state index in [0.29, 0.717) is 11.3 Å². The van der Waals surface area contributed by atoms with Gasteiger partial charge in [-0.2, -0.15) is 5.10 Å². The van der Waals surface area contributed by atoms with Gasteiger partial charge in [-0.05, 0) is 19.4 Å². The van der Waals surface area contributed by atoms with Crippen LogP contribution in [0.5, 0.6) is 0 Å². The van der Waals surface area contributed by atoms with Gasteiger partial charge in [0.1, 0.15) is 6.10 Å². The van der Waals surface area contributed by atoms with Gasteiger partial charge < -0.3 is 5.11 Å². The maximum Gasteiger partial charge on any atom is 0.165 e. The van der Waals surface area contributed by atoms with Gasteiger partial charge in [0.2, 0.25) is 0 Å². The van der Waals surface area contributed by atoms with Crippen molar-refractivity contribution in [2.24, 2.45) is 7.05 Å². The predicted molar refractivity (Wildman–Crippen MR) is 63.1 cm³/mol. The van der Waals surface area contributed by atoms with Crippen molar-refractivity contribution in [3.63, 3.8) is 0 Å². The number of aryl methyl sites for hydroxylation is 2. The zero-order chi connectivity index (χ0) is 13.4. The molecule has 0 radical (unpaired) electrons. The van der Waals surface area contributed by atoms with Crippen molar-refractivity contribution in [3.8, 4) is 0 Å². The Morgan fingerprint density at radius 3 is 2.39 bits per heavy atom. The van der Waals surface area contributed by atoms with Gasteiger partial charge >= 0.3 is 0 Å². The van der Waals surface area contributed by atoms with E-state index in [9.17, 15) is 13.9 Å². The minimum Gasteiger partial charge on any atom is -0.383 e. The van der Waals surface area contributed by atoms with Crippen LogP contribution in [-0.4, -0.2) is 14.9 Å². The van der Waals surface area contributed by atoms with Crippen LogP contribution in [0.15, 0.2) is 18.3 Å². The molecule has 1 heterocycles. The Bertz CT molecular complexity index is 593. The Hall–Kier alpha value is -1.75. The standard InChI is InChI=1S/C13H14F2N2O/c1-7-4-5-9(12(15)11(7)14)13(18)10-6-16-17(3)8(10)2/h4-6,13,18H,1-3H3. The Balaban J connectivity index is 2.50. The normalized spacial score (nSPS) is 12.8. The largest absolute Gasteiger partial charge is 0.383 e. The van der Waals surface area contributed by atoms with Crippen LogP contribution in [0.4, 0.5) is 8.78 Å². The van der Waals surface area contributed by atoms with Crippen molar-refractivity contribution >= 4 is 0 Å². The molecule has 0 saturated carbocycles. The quantitative estimate of drug-likeness (QED) is 0.891. The zero-order valence-electron chi connectivity index (χ0n) is 10.4. The van der Waals surface area contributed by atoms with E-state index >= 15 is 0 Å². The van der Waals surface area contributed by atoms with E-state index in [1.54, 1.807) is 18.7 Å². The minimum atomic E-state index is -1.21. The highest BCUT2D eigenvalue weighted by molar-refractivity contribution is 5.34. The Labute approximate surface area is 104 Å². The SMILES string of the molecule is Cc1ccc(C(O)c2cnn(C)c2C)c(F)c1F. The predicted octanol–water partition coefficient (Wildman–Crippen LogP) is 2.40. The Morgan fingerprint density at radius 2 is 1.83 bits per heavy atom. The highest BCUT2D eigenvalue weighted by Gasteiger charge is 2.22. The number of nitrogens with zero attached hydrogens (tertiary/aromatic N) is 2. The van der Waals surface area contributed by atoms with E-state index in [4.69, 9.17) is 0 Å². The van der Waals surface area contributed by atoms with Gasteiger partial charge in [-0.15, -0.1) is 0 Å². The van der Waals surface area contributed by atoms with Crippen molar-refractivity contribution < 1.29 is 13.9 Å². The van der Waals surface area contributed by atoms with E-state index < -0.39 is 17.7 Å². The van der Waals surface area contributed by atoms with Gasteiger partial charge in [0, 0.05) is 23.9 Å². The highest BCUT2D eigenvalue weighted by atomic mass is 19.2. The second kappa shape index (κ2) is 4.49. The van der Waals surface area contributed by atoms with E-state index in [1.807, 2.05) is 0 Å². The molecule has 0 fully saturated rings. The summed E-state index contributed by atoms with van der Waals surface area (Å²) in [6.07, 6.45) is 0.241. The molecular weight excluding hydrogens is 238 g/mol. The van der Waals surface area contributed by atoms with Crippen molar-refractivity contribution in [2.45, 2.75) is 20.0 Å². The summed E-state index contributed by atoms with van der Waals surface area (Å²) in [5.41, 5.74) is 1.32. The Kier molecular flexibility index (Phi) is 3.17. The molecule has 0 saturated heterocycles. The molecular formula is C13H14F2N2O. The number of hydrogen-bond acceptors (Lipinski definition) is 2. The lowest BCUT2D eigenvalue weighted by Crippen LogP contribution is -2.06. The second-order valence-electron chi connectivity index (χ2n) is 4.31. The van der Waals surface area contributed by atoms with Crippen molar-refractivity contribution in [3.05, 3.63) is 52.3 Å². The first-order chi connectivity index (χ1) is 8.43. The molecule has 0 bridgehead atoms. The smallest absolute Gasteiger partial charge is 0.165 e. The fourth-order valence-corrected chi connectivity index (χ4v) is 1.82. The topological polar surface area (TPSA) is 38.1 Å². The van der Waals surface area contributed by atoms with Crippen molar-refractivity contribution in [1.82, 2.24) is 9.78 Å². The number of aliphatic hydroxyl groups excluding tert-OH is 1. The molecule has 1 unspecified atom stereocenters. The average Bonchev–Trinajstić information content (AvgIpc) is 2.67. The molecule has 0 aliphatic carbocycles. The molecule has 96 valence electrons. The molecule has 5 heteroatoms. The molecule has 1 atom stereocenters. The molecule has 18 heavy (non-hydrogen) atoms. The van der Waals surface area contributed by atoms with Gasteiger partial charge in [-0.25, -0.2) is 8.78 Å². The van der Waals surface area contributed by atoms with Crippen molar-refractivity contribution in [2.75, 3.05) is 0 Å². The van der Waals surface area contributed by atoms with Crippen LogP contribution in [0, 0.1) is 25.5 Å².